The van der Waals surface area contributed by atoms with Crippen LogP contribution in [0.2, 0.25) is 0 Å². The van der Waals surface area contributed by atoms with E-state index in [1.165, 1.54) is 0 Å². The van der Waals surface area contributed by atoms with Gasteiger partial charge >= 0.3 is 0 Å². The standard InChI is InChI=1S/C16H22BrNO2/c1-11(19)10-15-4-3-9-18(15)16(20)12(2)13-5-7-14(17)8-6-13/h5-8,11-12,15,19H,3-4,9-10H2,1-2H3/t11-,12+,15-/m0/s1. The van der Waals surface area contributed by atoms with Crippen molar-refractivity contribution < 1.29 is 9.90 Å². The van der Waals surface area contributed by atoms with Crippen molar-refractivity contribution in [2.24, 2.45) is 0 Å². The lowest BCUT2D eigenvalue weighted by Crippen LogP contribution is -2.39. The van der Waals surface area contributed by atoms with Crippen molar-refractivity contribution in [1.29, 1.82) is 0 Å². The molecule has 1 saturated heterocycles. The van der Waals surface area contributed by atoms with E-state index in [1.54, 1.807) is 6.92 Å². The molecule has 2 rings (SSSR count). The highest BCUT2D eigenvalue weighted by Crippen LogP contribution is 2.27. The molecule has 20 heavy (non-hydrogen) atoms. The Morgan fingerprint density at radius 3 is 2.65 bits per heavy atom. The number of carbonyl (C=O) groups is 1. The first-order valence-electron chi connectivity index (χ1n) is 7.23. The molecule has 1 N–H and O–H groups in total. The molecule has 4 heteroatoms. The van der Waals surface area contributed by atoms with Gasteiger partial charge in [-0.1, -0.05) is 28.1 Å². The number of hydrogen-bond acceptors (Lipinski definition) is 2. The molecule has 0 radical (unpaired) electrons. The van der Waals surface area contributed by atoms with Crippen molar-refractivity contribution in [2.75, 3.05) is 6.54 Å². The quantitative estimate of drug-likeness (QED) is 0.914. The zero-order valence-electron chi connectivity index (χ0n) is 12.1. The molecule has 1 fully saturated rings. The normalized spacial score (nSPS) is 21.8. The topological polar surface area (TPSA) is 40.5 Å². The zero-order valence-corrected chi connectivity index (χ0v) is 13.6. The number of benzene rings is 1. The van der Waals surface area contributed by atoms with E-state index in [9.17, 15) is 9.90 Å². The first kappa shape index (κ1) is 15.5. The van der Waals surface area contributed by atoms with E-state index < -0.39 is 0 Å². The summed E-state index contributed by atoms with van der Waals surface area (Å²) < 4.78 is 1.02. The van der Waals surface area contributed by atoms with E-state index in [0.717, 1.165) is 29.4 Å². The van der Waals surface area contributed by atoms with Crippen molar-refractivity contribution in [3.8, 4) is 0 Å². The van der Waals surface area contributed by atoms with Crippen LogP contribution in [-0.4, -0.2) is 34.6 Å². The summed E-state index contributed by atoms with van der Waals surface area (Å²) >= 11 is 3.41. The number of hydrogen-bond donors (Lipinski definition) is 1. The Morgan fingerprint density at radius 2 is 2.05 bits per heavy atom. The van der Waals surface area contributed by atoms with Gasteiger partial charge in [0.2, 0.25) is 5.91 Å². The van der Waals surface area contributed by atoms with Crippen LogP contribution in [-0.2, 0) is 4.79 Å². The lowest BCUT2D eigenvalue weighted by atomic mass is 9.98. The smallest absolute Gasteiger partial charge is 0.230 e. The largest absolute Gasteiger partial charge is 0.393 e. The van der Waals surface area contributed by atoms with E-state index >= 15 is 0 Å². The molecule has 0 saturated carbocycles. The van der Waals surface area contributed by atoms with Gasteiger partial charge in [-0.05, 0) is 50.8 Å². The molecule has 1 heterocycles. The fourth-order valence-electron chi connectivity index (χ4n) is 2.91. The summed E-state index contributed by atoms with van der Waals surface area (Å²) in [6.07, 6.45) is 2.37. The highest BCUT2D eigenvalue weighted by molar-refractivity contribution is 9.10. The molecule has 110 valence electrons. The Morgan fingerprint density at radius 1 is 1.40 bits per heavy atom. The predicted molar refractivity (Wildman–Crippen MR) is 83.6 cm³/mol. The van der Waals surface area contributed by atoms with Crippen molar-refractivity contribution in [1.82, 2.24) is 4.90 Å². The summed E-state index contributed by atoms with van der Waals surface area (Å²) in [7, 11) is 0. The van der Waals surface area contributed by atoms with Gasteiger partial charge in [0.1, 0.15) is 0 Å². The molecule has 3 atom stereocenters. The maximum Gasteiger partial charge on any atom is 0.230 e. The van der Waals surface area contributed by atoms with E-state index in [4.69, 9.17) is 0 Å². The fraction of sp³-hybridized carbons (Fsp3) is 0.562. The van der Waals surface area contributed by atoms with Crippen LogP contribution in [0.3, 0.4) is 0 Å². The SMILES string of the molecule is C[C@H](O)C[C@@H]1CCCN1C(=O)[C@H](C)c1ccc(Br)cc1. The second-order valence-electron chi connectivity index (χ2n) is 5.69. The van der Waals surface area contributed by atoms with Gasteiger partial charge in [0.05, 0.1) is 12.0 Å². The van der Waals surface area contributed by atoms with Crippen LogP contribution in [0.4, 0.5) is 0 Å². The molecule has 1 aliphatic rings. The number of likely N-dealkylation sites (tertiary alicyclic amines) is 1. The van der Waals surface area contributed by atoms with Gasteiger partial charge in [0, 0.05) is 17.1 Å². The molecule has 1 aromatic carbocycles. The first-order chi connectivity index (χ1) is 9.49. The summed E-state index contributed by atoms with van der Waals surface area (Å²) in [5.41, 5.74) is 1.04. The van der Waals surface area contributed by atoms with Crippen LogP contribution in [0.5, 0.6) is 0 Å². The van der Waals surface area contributed by atoms with Gasteiger partial charge < -0.3 is 10.0 Å². The number of rotatable bonds is 4. The highest BCUT2D eigenvalue weighted by Gasteiger charge is 2.32. The summed E-state index contributed by atoms with van der Waals surface area (Å²) in [4.78, 5) is 14.6. The summed E-state index contributed by atoms with van der Waals surface area (Å²) in [6, 6.07) is 8.12. The number of aliphatic hydroxyl groups excluding tert-OH is 1. The summed E-state index contributed by atoms with van der Waals surface area (Å²) in [5, 5.41) is 9.56. The van der Waals surface area contributed by atoms with Crippen LogP contribution >= 0.6 is 15.9 Å². The van der Waals surface area contributed by atoms with Crippen LogP contribution in [0, 0.1) is 0 Å². The van der Waals surface area contributed by atoms with E-state index in [1.807, 2.05) is 36.1 Å². The van der Waals surface area contributed by atoms with Crippen molar-refractivity contribution >= 4 is 21.8 Å². The van der Waals surface area contributed by atoms with E-state index in [2.05, 4.69) is 15.9 Å². The maximum atomic E-state index is 12.7. The first-order valence-corrected chi connectivity index (χ1v) is 8.02. The van der Waals surface area contributed by atoms with Crippen LogP contribution < -0.4 is 0 Å². The Bertz CT molecular complexity index is 458. The Kier molecular flexibility index (Phi) is 5.22. The average Bonchev–Trinajstić information content (AvgIpc) is 2.85. The lowest BCUT2D eigenvalue weighted by Gasteiger charge is -2.28. The molecule has 0 aromatic heterocycles. The van der Waals surface area contributed by atoms with Gasteiger partial charge in [-0.2, -0.15) is 0 Å². The minimum Gasteiger partial charge on any atom is -0.393 e. The maximum absolute atomic E-state index is 12.7. The van der Waals surface area contributed by atoms with Gasteiger partial charge in [0.25, 0.3) is 0 Å². The van der Waals surface area contributed by atoms with Gasteiger partial charge in [-0.15, -0.1) is 0 Å². The Hall–Kier alpha value is -0.870. The molecule has 0 aliphatic carbocycles. The van der Waals surface area contributed by atoms with Crippen LogP contribution in [0.15, 0.2) is 28.7 Å². The Balaban J connectivity index is 2.07. The average molecular weight is 340 g/mol. The number of carbonyl (C=O) groups excluding carboxylic acids is 1. The monoisotopic (exact) mass is 339 g/mol. The molecule has 1 amide bonds. The number of nitrogens with zero attached hydrogens (tertiary/aromatic N) is 1. The van der Waals surface area contributed by atoms with Crippen LogP contribution in [0.1, 0.15) is 44.6 Å². The molecule has 0 spiro atoms. The molecule has 1 aromatic rings. The third-order valence-electron chi connectivity index (χ3n) is 4.01. The molecular weight excluding hydrogens is 318 g/mol. The van der Waals surface area contributed by atoms with Gasteiger partial charge in [-0.3, -0.25) is 4.79 Å². The van der Waals surface area contributed by atoms with Crippen molar-refractivity contribution in [3.63, 3.8) is 0 Å². The minimum absolute atomic E-state index is 0.127. The number of amides is 1. The molecular formula is C16H22BrNO2. The predicted octanol–water partition coefficient (Wildman–Crippen LogP) is 3.31. The fourth-order valence-corrected chi connectivity index (χ4v) is 3.17. The summed E-state index contributed by atoms with van der Waals surface area (Å²) in [6.45, 7) is 4.57. The third kappa shape index (κ3) is 3.61. The second kappa shape index (κ2) is 6.72. The molecule has 0 unspecified atom stereocenters. The Labute approximate surface area is 129 Å². The second-order valence-corrected chi connectivity index (χ2v) is 6.60. The third-order valence-corrected chi connectivity index (χ3v) is 4.54. The van der Waals surface area contributed by atoms with E-state index in [0.29, 0.717) is 6.42 Å². The van der Waals surface area contributed by atoms with Crippen LogP contribution in [0.25, 0.3) is 0 Å². The van der Waals surface area contributed by atoms with Crippen molar-refractivity contribution in [3.05, 3.63) is 34.3 Å². The van der Waals surface area contributed by atoms with Crippen molar-refractivity contribution in [2.45, 2.75) is 51.2 Å². The lowest BCUT2D eigenvalue weighted by molar-refractivity contribution is -0.133. The number of halogens is 1. The number of aliphatic hydroxyl groups is 1. The molecule has 0 bridgehead atoms. The highest BCUT2D eigenvalue weighted by atomic mass is 79.9. The zero-order chi connectivity index (χ0) is 14.7. The van der Waals surface area contributed by atoms with E-state index in [-0.39, 0.29) is 24.0 Å². The summed E-state index contributed by atoms with van der Waals surface area (Å²) in [5.74, 6) is 0.0492. The minimum atomic E-state index is -0.351. The van der Waals surface area contributed by atoms with Gasteiger partial charge in [0.15, 0.2) is 0 Å². The molecule has 1 aliphatic heterocycles. The van der Waals surface area contributed by atoms with Gasteiger partial charge in [-0.25, -0.2) is 0 Å². The molecule has 3 nitrogen and oxygen atoms in total.